The fraction of sp³-hybridized carbons (Fsp3) is 0.278. The van der Waals surface area contributed by atoms with Crippen molar-refractivity contribution >= 4 is 44.9 Å². The summed E-state index contributed by atoms with van der Waals surface area (Å²) in [5, 5.41) is 9.68. The Kier molecular flexibility index (Phi) is 5.90. The van der Waals surface area contributed by atoms with Crippen LogP contribution < -0.4 is 4.31 Å². The van der Waals surface area contributed by atoms with Gasteiger partial charge >= 0.3 is 5.97 Å². The van der Waals surface area contributed by atoms with Gasteiger partial charge in [0.1, 0.15) is 10.9 Å². The highest BCUT2D eigenvalue weighted by atomic mass is 35.5. The minimum absolute atomic E-state index is 0.0283. The molecular weight excluding hydrogens is 397 g/mol. The van der Waals surface area contributed by atoms with E-state index in [1.165, 1.54) is 25.1 Å². The molecule has 0 radical (unpaired) electrons. The molecule has 1 unspecified atom stereocenters. The summed E-state index contributed by atoms with van der Waals surface area (Å²) in [6.07, 6.45) is 0. The van der Waals surface area contributed by atoms with Crippen LogP contribution in [-0.2, 0) is 14.8 Å². The number of aryl methyl sites for hydroxylation is 3. The zero-order chi connectivity index (χ0) is 19.8. The molecule has 0 saturated carbocycles. The number of carboxylic acid groups (broad SMARTS) is 1. The molecule has 0 saturated heterocycles. The number of aliphatic carboxylic acids is 1. The summed E-state index contributed by atoms with van der Waals surface area (Å²) >= 11 is 12.0. The van der Waals surface area contributed by atoms with Crippen molar-refractivity contribution in [3.63, 3.8) is 0 Å². The van der Waals surface area contributed by atoms with E-state index in [4.69, 9.17) is 23.2 Å². The molecule has 140 valence electrons. The lowest BCUT2D eigenvalue weighted by atomic mass is 10.0. The first-order valence-electron chi connectivity index (χ1n) is 7.77. The van der Waals surface area contributed by atoms with E-state index in [0.717, 1.165) is 9.87 Å². The number of anilines is 1. The maximum atomic E-state index is 13.4. The largest absolute Gasteiger partial charge is 0.480 e. The fourth-order valence-corrected chi connectivity index (χ4v) is 5.41. The average Bonchev–Trinajstić information content (AvgIpc) is 2.51. The van der Waals surface area contributed by atoms with E-state index < -0.39 is 22.0 Å². The fourth-order valence-electron chi connectivity index (χ4n) is 2.92. The van der Waals surface area contributed by atoms with Crippen molar-refractivity contribution < 1.29 is 18.3 Å². The van der Waals surface area contributed by atoms with Crippen molar-refractivity contribution in [2.75, 3.05) is 4.31 Å². The van der Waals surface area contributed by atoms with Gasteiger partial charge in [0.25, 0.3) is 10.0 Å². The Morgan fingerprint density at radius 2 is 1.62 bits per heavy atom. The van der Waals surface area contributed by atoms with Gasteiger partial charge in [-0.05, 0) is 57.0 Å². The van der Waals surface area contributed by atoms with Gasteiger partial charge in [0, 0.05) is 5.02 Å². The molecule has 0 heterocycles. The van der Waals surface area contributed by atoms with Crippen LogP contribution in [0.1, 0.15) is 23.6 Å². The summed E-state index contributed by atoms with van der Waals surface area (Å²) in [5.41, 5.74) is 2.57. The molecule has 8 heteroatoms. The monoisotopic (exact) mass is 415 g/mol. The molecule has 0 fully saturated rings. The van der Waals surface area contributed by atoms with Crippen LogP contribution in [0.5, 0.6) is 0 Å². The maximum Gasteiger partial charge on any atom is 0.327 e. The minimum Gasteiger partial charge on any atom is -0.480 e. The number of sulfonamides is 1. The highest BCUT2D eigenvalue weighted by Gasteiger charge is 2.36. The van der Waals surface area contributed by atoms with Gasteiger partial charge in [-0.15, -0.1) is 0 Å². The molecule has 2 aromatic carbocycles. The van der Waals surface area contributed by atoms with Gasteiger partial charge in [0.15, 0.2) is 0 Å². The number of rotatable bonds is 5. The first-order valence-corrected chi connectivity index (χ1v) is 9.96. The van der Waals surface area contributed by atoms with Crippen LogP contribution >= 0.6 is 23.2 Å². The van der Waals surface area contributed by atoms with Crippen molar-refractivity contribution in [2.24, 2.45) is 0 Å². The maximum absolute atomic E-state index is 13.4. The summed E-state index contributed by atoms with van der Waals surface area (Å²) in [6.45, 7) is 6.69. The van der Waals surface area contributed by atoms with Crippen LogP contribution in [0.2, 0.25) is 10.0 Å². The van der Waals surface area contributed by atoms with E-state index in [1.54, 1.807) is 26.0 Å². The van der Waals surface area contributed by atoms with Gasteiger partial charge in [-0.25, -0.2) is 13.2 Å². The third kappa shape index (κ3) is 3.82. The van der Waals surface area contributed by atoms with Crippen molar-refractivity contribution in [1.82, 2.24) is 0 Å². The van der Waals surface area contributed by atoms with Crippen molar-refractivity contribution in [2.45, 2.75) is 38.6 Å². The predicted molar refractivity (Wildman–Crippen MR) is 104 cm³/mol. The van der Waals surface area contributed by atoms with E-state index in [-0.39, 0.29) is 14.9 Å². The number of hydrogen-bond donors (Lipinski definition) is 1. The van der Waals surface area contributed by atoms with Crippen LogP contribution in [0.25, 0.3) is 0 Å². The molecule has 2 rings (SSSR count). The Labute approximate surface area is 163 Å². The molecule has 0 aliphatic carbocycles. The second-order valence-corrected chi connectivity index (χ2v) is 8.76. The molecular formula is C18H19Cl2NO4S. The molecule has 0 aliphatic rings. The standard InChI is InChI=1S/C18H19Cl2NO4S/c1-10-7-11(2)17(12(3)8-10)21(13(4)18(22)23)26(24,25)16-9-14(19)5-6-15(16)20/h5-9,13H,1-4H3,(H,22,23). The van der Waals surface area contributed by atoms with Gasteiger partial charge in [0.2, 0.25) is 0 Å². The van der Waals surface area contributed by atoms with Gasteiger partial charge < -0.3 is 5.11 Å². The van der Waals surface area contributed by atoms with Gasteiger partial charge in [0.05, 0.1) is 10.7 Å². The lowest BCUT2D eigenvalue weighted by molar-refractivity contribution is -0.137. The topological polar surface area (TPSA) is 74.7 Å². The van der Waals surface area contributed by atoms with Crippen molar-refractivity contribution in [3.05, 3.63) is 57.1 Å². The van der Waals surface area contributed by atoms with Gasteiger partial charge in [-0.2, -0.15) is 0 Å². The Bertz CT molecular complexity index is 950. The highest BCUT2D eigenvalue weighted by molar-refractivity contribution is 7.93. The quantitative estimate of drug-likeness (QED) is 0.774. The second-order valence-electron chi connectivity index (χ2n) is 6.14. The zero-order valence-corrected chi connectivity index (χ0v) is 17.1. The van der Waals surface area contributed by atoms with Crippen LogP contribution in [0, 0.1) is 20.8 Å². The van der Waals surface area contributed by atoms with E-state index >= 15 is 0 Å². The molecule has 1 atom stereocenters. The number of halogens is 2. The zero-order valence-electron chi connectivity index (χ0n) is 14.7. The van der Waals surface area contributed by atoms with Crippen LogP contribution in [0.4, 0.5) is 5.69 Å². The summed E-state index contributed by atoms with van der Waals surface area (Å²) in [6, 6.07) is 6.33. The van der Waals surface area contributed by atoms with Crippen molar-refractivity contribution in [1.29, 1.82) is 0 Å². The lowest BCUT2D eigenvalue weighted by Crippen LogP contribution is -2.44. The smallest absolute Gasteiger partial charge is 0.327 e. The Morgan fingerprint density at radius 1 is 1.08 bits per heavy atom. The van der Waals surface area contributed by atoms with Gasteiger partial charge in [-0.1, -0.05) is 40.9 Å². The first kappa shape index (κ1) is 20.6. The summed E-state index contributed by atoms with van der Waals surface area (Å²) in [7, 11) is -4.27. The number of hydrogen-bond acceptors (Lipinski definition) is 3. The summed E-state index contributed by atoms with van der Waals surface area (Å²) in [5.74, 6) is -1.27. The first-order chi connectivity index (χ1) is 12.0. The molecule has 26 heavy (non-hydrogen) atoms. The average molecular weight is 416 g/mol. The number of nitrogens with zero attached hydrogens (tertiary/aromatic N) is 1. The van der Waals surface area contributed by atoms with Gasteiger partial charge in [-0.3, -0.25) is 4.31 Å². The Hall–Kier alpha value is -1.76. The molecule has 2 aromatic rings. The van der Waals surface area contributed by atoms with E-state index in [1.807, 2.05) is 6.92 Å². The lowest BCUT2D eigenvalue weighted by Gasteiger charge is -2.31. The molecule has 5 nitrogen and oxygen atoms in total. The molecule has 0 spiro atoms. The van der Waals surface area contributed by atoms with Crippen molar-refractivity contribution in [3.8, 4) is 0 Å². The third-order valence-corrected chi connectivity index (χ3v) is 6.58. The van der Waals surface area contributed by atoms with E-state index in [0.29, 0.717) is 16.8 Å². The summed E-state index contributed by atoms with van der Waals surface area (Å²) in [4.78, 5) is 11.4. The number of carboxylic acids is 1. The highest BCUT2D eigenvalue weighted by Crippen LogP contribution is 2.36. The molecule has 0 aromatic heterocycles. The normalized spacial score (nSPS) is 12.7. The molecule has 0 bridgehead atoms. The van der Waals surface area contributed by atoms with E-state index in [2.05, 4.69) is 0 Å². The second kappa shape index (κ2) is 7.47. The molecule has 0 amide bonds. The third-order valence-electron chi connectivity index (χ3n) is 4.00. The number of benzene rings is 2. The predicted octanol–water partition coefficient (Wildman–Crippen LogP) is 4.59. The van der Waals surface area contributed by atoms with Crippen LogP contribution in [-0.4, -0.2) is 25.5 Å². The SMILES string of the molecule is Cc1cc(C)c(N(C(C)C(=O)O)S(=O)(=O)c2cc(Cl)ccc2Cl)c(C)c1. The Morgan fingerprint density at radius 3 is 2.12 bits per heavy atom. The summed E-state index contributed by atoms with van der Waals surface area (Å²) < 4.78 is 27.6. The number of carbonyl (C=O) groups is 1. The molecule has 1 N–H and O–H groups in total. The van der Waals surface area contributed by atoms with E-state index in [9.17, 15) is 18.3 Å². The van der Waals surface area contributed by atoms with Crippen LogP contribution in [0.15, 0.2) is 35.2 Å². The van der Waals surface area contributed by atoms with Crippen LogP contribution in [0.3, 0.4) is 0 Å². The Balaban J connectivity index is 2.82. The minimum atomic E-state index is -4.27. The molecule has 0 aliphatic heterocycles.